The van der Waals surface area contributed by atoms with Crippen LogP contribution in [0.5, 0.6) is 17.2 Å². The van der Waals surface area contributed by atoms with Crippen LogP contribution in [0.15, 0.2) is 97.1 Å². The number of hydrogen-bond acceptors (Lipinski definition) is 7. The summed E-state index contributed by atoms with van der Waals surface area (Å²) in [5.41, 5.74) is 2.99. The molecule has 0 aromatic heterocycles. The second-order valence-electron chi connectivity index (χ2n) is 14.0. The minimum absolute atomic E-state index is 0.194. The Morgan fingerprint density at radius 3 is 1.56 bits per heavy atom. The largest absolute Gasteiger partial charge is 0.494 e. The van der Waals surface area contributed by atoms with Gasteiger partial charge in [0.25, 0.3) is 0 Å². The molecule has 0 aliphatic heterocycles. The Hall–Kier alpha value is -4.91. The van der Waals surface area contributed by atoms with Crippen molar-refractivity contribution in [2.75, 3.05) is 6.61 Å². The number of ether oxygens (including phenoxy) is 4. The highest BCUT2D eigenvalue weighted by Gasteiger charge is 2.16. The minimum Gasteiger partial charge on any atom is -0.494 e. The van der Waals surface area contributed by atoms with Gasteiger partial charge in [-0.3, -0.25) is 0 Å². The fourth-order valence-electron chi connectivity index (χ4n) is 6.17. The molecule has 7 heteroatoms. The molecule has 0 unspecified atom stereocenters. The maximum absolute atomic E-state index is 12.9. The van der Waals surface area contributed by atoms with E-state index in [2.05, 4.69) is 13.8 Å². The van der Waals surface area contributed by atoms with E-state index in [1.807, 2.05) is 43.3 Å². The molecule has 54 heavy (non-hydrogen) atoms. The van der Waals surface area contributed by atoms with E-state index in [1.165, 1.54) is 82.4 Å². The van der Waals surface area contributed by atoms with Crippen LogP contribution in [0.25, 0.3) is 11.1 Å². The highest BCUT2D eigenvalue weighted by atomic mass is 16.5. The predicted octanol–water partition coefficient (Wildman–Crippen LogP) is 12.6. The number of unbranched alkanes of at least 4 members (excludes halogenated alkanes) is 12. The fourth-order valence-corrected chi connectivity index (χ4v) is 6.17. The highest BCUT2D eigenvalue weighted by molar-refractivity contribution is 5.94. The van der Waals surface area contributed by atoms with Gasteiger partial charge in [0, 0.05) is 0 Å². The Kier molecular flexibility index (Phi) is 18.4. The molecule has 0 heterocycles. The Labute approximate surface area is 322 Å². The van der Waals surface area contributed by atoms with E-state index in [4.69, 9.17) is 18.9 Å². The highest BCUT2D eigenvalue weighted by Crippen LogP contribution is 2.25. The van der Waals surface area contributed by atoms with Crippen LogP contribution in [0, 0.1) is 0 Å². The molecular formula is C47H58O7. The van der Waals surface area contributed by atoms with Gasteiger partial charge >= 0.3 is 17.9 Å². The molecule has 0 bridgehead atoms. The van der Waals surface area contributed by atoms with Gasteiger partial charge in [-0.25, -0.2) is 14.4 Å². The zero-order valence-corrected chi connectivity index (χ0v) is 32.5. The molecule has 0 fully saturated rings. The molecule has 0 N–H and O–H groups in total. The lowest BCUT2D eigenvalue weighted by atomic mass is 10.0. The summed E-state index contributed by atoms with van der Waals surface area (Å²) < 4.78 is 22.6. The van der Waals surface area contributed by atoms with Crippen molar-refractivity contribution in [2.45, 2.75) is 123 Å². The maximum atomic E-state index is 12.9. The molecule has 0 saturated carbocycles. The van der Waals surface area contributed by atoms with Crippen molar-refractivity contribution in [1.82, 2.24) is 0 Å². The number of hydrogen-bond donors (Lipinski definition) is 0. The summed E-state index contributed by atoms with van der Waals surface area (Å²) in [7, 11) is 0. The van der Waals surface area contributed by atoms with Gasteiger partial charge in [0.15, 0.2) is 0 Å². The lowest BCUT2D eigenvalue weighted by molar-refractivity contribution is 0.0318. The van der Waals surface area contributed by atoms with Gasteiger partial charge in [-0.05, 0) is 104 Å². The Bertz CT molecular complexity index is 1690. The van der Waals surface area contributed by atoms with Crippen LogP contribution >= 0.6 is 0 Å². The smallest absolute Gasteiger partial charge is 0.343 e. The molecule has 0 spiro atoms. The first-order valence-corrected chi connectivity index (χ1v) is 20.0. The summed E-state index contributed by atoms with van der Waals surface area (Å²) >= 11 is 0. The van der Waals surface area contributed by atoms with E-state index in [1.54, 1.807) is 42.5 Å². The maximum Gasteiger partial charge on any atom is 0.343 e. The average molecular weight is 735 g/mol. The van der Waals surface area contributed by atoms with Gasteiger partial charge in [0.05, 0.1) is 29.4 Å². The number of rotatable bonds is 24. The van der Waals surface area contributed by atoms with Crippen molar-refractivity contribution in [3.05, 3.63) is 114 Å². The number of esters is 3. The Morgan fingerprint density at radius 2 is 0.963 bits per heavy atom. The standard InChI is InChI=1S/C47H58O7/c1-4-6-8-10-11-12-13-14-15-17-34-51-42-30-26-38(27-31-42)37-22-24-39(25-23-37)45(48)53-43-32-28-40(29-33-43)46(49)54-44-21-18-20-41(35-44)47(50)52-36(3)19-16-9-7-5-2/h18,20-33,35-36H,4-17,19,34H2,1-3H3/t36-/m0/s1. The van der Waals surface area contributed by atoms with E-state index >= 15 is 0 Å². The first kappa shape index (κ1) is 41.8. The van der Waals surface area contributed by atoms with E-state index in [0.717, 1.165) is 55.6 Å². The fraction of sp³-hybridized carbons (Fsp3) is 0.426. The molecule has 0 aliphatic carbocycles. The summed E-state index contributed by atoms with van der Waals surface area (Å²) in [6, 6.07) is 27.8. The topological polar surface area (TPSA) is 88.1 Å². The molecule has 1 atom stereocenters. The lowest BCUT2D eigenvalue weighted by Gasteiger charge is -2.13. The quantitative estimate of drug-likeness (QED) is 0.0402. The second kappa shape index (κ2) is 23.7. The van der Waals surface area contributed by atoms with Crippen LogP contribution in [-0.2, 0) is 4.74 Å². The molecule has 0 radical (unpaired) electrons. The third kappa shape index (κ3) is 14.8. The normalized spacial score (nSPS) is 11.5. The predicted molar refractivity (Wildman–Crippen MR) is 216 cm³/mol. The minimum atomic E-state index is -0.605. The van der Waals surface area contributed by atoms with E-state index < -0.39 is 17.9 Å². The van der Waals surface area contributed by atoms with E-state index in [9.17, 15) is 14.4 Å². The first-order chi connectivity index (χ1) is 26.4. The van der Waals surface area contributed by atoms with Crippen molar-refractivity contribution < 1.29 is 33.3 Å². The molecule has 7 nitrogen and oxygen atoms in total. The lowest BCUT2D eigenvalue weighted by Crippen LogP contribution is -2.15. The van der Waals surface area contributed by atoms with Gasteiger partial charge < -0.3 is 18.9 Å². The van der Waals surface area contributed by atoms with Crippen LogP contribution in [0.3, 0.4) is 0 Å². The van der Waals surface area contributed by atoms with Gasteiger partial charge in [-0.2, -0.15) is 0 Å². The summed E-state index contributed by atoms with van der Waals surface area (Å²) in [6.07, 6.45) is 18.1. The van der Waals surface area contributed by atoms with Crippen LogP contribution in [0.4, 0.5) is 0 Å². The third-order valence-electron chi connectivity index (χ3n) is 9.43. The summed E-state index contributed by atoms with van der Waals surface area (Å²) in [5, 5.41) is 0. The number of benzene rings is 4. The molecule has 288 valence electrons. The van der Waals surface area contributed by atoms with Crippen molar-refractivity contribution in [1.29, 1.82) is 0 Å². The number of carbonyl (C=O) groups excluding carboxylic acids is 3. The molecule has 4 aromatic rings. The van der Waals surface area contributed by atoms with Crippen LogP contribution in [0.1, 0.15) is 148 Å². The third-order valence-corrected chi connectivity index (χ3v) is 9.43. The second-order valence-corrected chi connectivity index (χ2v) is 14.0. The summed E-state index contributed by atoms with van der Waals surface area (Å²) in [4.78, 5) is 38.4. The van der Waals surface area contributed by atoms with E-state index in [0.29, 0.717) is 16.9 Å². The number of carbonyl (C=O) groups is 3. The molecule has 0 amide bonds. The van der Waals surface area contributed by atoms with Gasteiger partial charge in [-0.1, -0.05) is 121 Å². The molecule has 0 aliphatic rings. The summed E-state index contributed by atoms with van der Waals surface area (Å²) in [6.45, 7) is 7.04. The van der Waals surface area contributed by atoms with Crippen molar-refractivity contribution >= 4 is 17.9 Å². The zero-order valence-electron chi connectivity index (χ0n) is 32.5. The zero-order chi connectivity index (χ0) is 38.4. The van der Waals surface area contributed by atoms with Crippen LogP contribution in [0.2, 0.25) is 0 Å². The van der Waals surface area contributed by atoms with Crippen molar-refractivity contribution in [3.8, 4) is 28.4 Å². The summed E-state index contributed by atoms with van der Waals surface area (Å²) in [5.74, 6) is -0.182. The monoisotopic (exact) mass is 734 g/mol. The average Bonchev–Trinajstić information content (AvgIpc) is 3.19. The molecule has 4 rings (SSSR count). The van der Waals surface area contributed by atoms with Gasteiger partial charge in [0.2, 0.25) is 0 Å². The van der Waals surface area contributed by atoms with Gasteiger partial charge in [-0.15, -0.1) is 0 Å². The van der Waals surface area contributed by atoms with Crippen molar-refractivity contribution in [2.24, 2.45) is 0 Å². The van der Waals surface area contributed by atoms with Crippen molar-refractivity contribution in [3.63, 3.8) is 0 Å². The van der Waals surface area contributed by atoms with Crippen LogP contribution in [-0.4, -0.2) is 30.6 Å². The molecular weight excluding hydrogens is 677 g/mol. The van der Waals surface area contributed by atoms with E-state index in [-0.39, 0.29) is 17.4 Å². The van der Waals surface area contributed by atoms with Crippen LogP contribution < -0.4 is 14.2 Å². The van der Waals surface area contributed by atoms with Gasteiger partial charge in [0.1, 0.15) is 17.2 Å². The molecule has 0 saturated heterocycles. The Morgan fingerprint density at radius 1 is 0.481 bits per heavy atom. The SMILES string of the molecule is CCCCCCCCCCCCOc1ccc(-c2ccc(C(=O)Oc3ccc(C(=O)Oc4cccc(C(=O)O[C@@H](C)CCCCCC)c4)cc3)cc2)cc1. The molecule has 4 aromatic carbocycles. The first-order valence-electron chi connectivity index (χ1n) is 20.0. The Balaban J connectivity index is 1.18.